The summed E-state index contributed by atoms with van der Waals surface area (Å²) in [5.41, 5.74) is 2.28. The quantitative estimate of drug-likeness (QED) is 0.516. The number of nitro benzene ring substituents is 1. The molecule has 4 rings (SSSR count). The monoisotopic (exact) mass is 400 g/mol. The predicted molar refractivity (Wildman–Crippen MR) is 105 cm³/mol. The summed E-state index contributed by atoms with van der Waals surface area (Å²) in [5, 5.41) is 19.2. The average molecular weight is 401 g/mol. The smallest absolute Gasteiger partial charge is 0.282 e. The van der Waals surface area contributed by atoms with Gasteiger partial charge in [0.15, 0.2) is 0 Å². The van der Waals surface area contributed by atoms with Gasteiger partial charge in [-0.3, -0.25) is 14.9 Å². The minimum Gasteiger partial charge on any atom is -0.306 e. The van der Waals surface area contributed by atoms with Gasteiger partial charge in [0.25, 0.3) is 11.6 Å². The minimum absolute atomic E-state index is 0.000689. The van der Waals surface area contributed by atoms with Crippen molar-refractivity contribution in [1.29, 1.82) is 0 Å². The normalized spacial score (nSPS) is 12.6. The Bertz CT molecular complexity index is 1070. The van der Waals surface area contributed by atoms with Crippen molar-refractivity contribution in [2.24, 2.45) is 0 Å². The van der Waals surface area contributed by atoms with Crippen molar-refractivity contribution < 1.29 is 9.72 Å². The van der Waals surface area contributed by atoms with Gasteiger partial charge in [0.05, 0.1) is 16.3 Å². The van der Waals surface area contributed by atoms with Crippen molar-refractivity contribution >= 4 is 40.8 Å². The number of rotatable bonds is 4. The molecule has 1 aliphatic rings. The molecule has 0 unspecified atom stereocenters. The fourth-order valence-corrected chi connectivity index (χ4v) is 4.16. The number of benzene rings is 2. The first-order valence-corrected chi connectivity index (χ1v) is 9.57. The molecule has 1 aliphatic heterocycles. The minimum atomic E-state index is -0.566. The van der Waals surface area contributed by atoms with Crippen LogP contribution in [0, 0.1) is 10.1 Å². The molecule has 27 heavy (non-hydrogen) atoms. The number of nitrogens with zero attached hydrogens (tertiary/aromatic N) is 3. The van der Waals surface area contributed by atoms with Gasteiger partial charge in [-0.05, 0) is 24.3 Å². The first-order chi connectivity index (χ1) is 13.0. The number of nitro groups is 1. The molecule has 7 nitrogen and oxygen atoms in total. The molecule has 0 bridgehead atoms. The van der Waals surface area contributed by atoms with Gasteiger partial charge < -0.3 is 5.32 Å². The van der Waals surface area contributed by atoms with E-state index in [1.54, 1.807) is 40.7 Å². The molecular formula is C18H13ClN4O3S. The van der Waals surface area contributed by atoms with E-state index < -0.39 is 10.8 Å². The molecule has 0 saturated heterocycles. The highest BCUT2D eigenvalue weighted by molar-refractivity contribution is 7.98. The van der Waals surface area contributed by atoms with Crippen molar-refractivity contribution in [2.75, 3.05) is 5.32 Å². The third-order valence-electron chi connectivity index (χ3n) is 4.18. The van der Waals surface area contributed by atoms with Gasteiger partial charge in [0, 0.05) is 28.2 Å². The number of thioether (sulfide) groups is 1. The summed E-state index contributed by atoms with van der Waals surface area (Å²) in [4.78, 5) is 23.5. The molecule has 0 saturated carbocycles. The summed E-state index contributed by atoms with van der Waals surface area (Å²) in [5.74, 6) is 1.42. The Labute approximate surface area is 163 Å². The van der Waals surface area contributed by atoms with Crippen LogP contribution in [0.3, 0.4) is 0 Å². The fourth-order valence-electron chi connectivity index (χ4n) is 2.94. The van der Waals surface area contributed by atoms with Gasteiger partial charge in [0.2, 0.25) is 0 Å². The molecule has 1 aromatic heterocycles. The molecule has 0 fully saturated rings. The van der Waals surface area contributed by atoms with Gasteiger partial charge in [-0.15, -0.1) is 0 Å². The average Bonchev–Trinajstić information content (AvgIpc) is 3.24. The largest absolute Gasteiger partial charge is 0.306 e. The predicted octanol–water partition coefficient (Wildman–Crippen LogP) is 4.43. The molecule has 2 heterocycles. The lowest BCUT2D eigenvalue weighted by Gasteiger charge is -2.11. The van der Waals surface area contributed by atoms with Crippen molar-refractivity contribution in [3.8, 4) is 5.69 Å². The molecule has 0 spiro atoms. The third kappa shape index (κ3) is 3.29. The van der Waals surface area contributed by atoms with E-state index in [4.69, 9.17) is 11.6 Å². The fraction of sp³-hybridized carbons (Fsp3) is 0.111. The summed E-state index contributed by atoms with van der Waals surface area (Å²) >= 11 is 7.79. The van der Waals surface area contributed by atoms with Crippen LogP contribution in [0.15, 0.2) is 48.5 Å². The SMILES string of the molecule is O=C(Nc1c2c(nn1-c1cccc(Cl)c1)CSC2)c1ccccc1[N+](=O)[O-]. The summed E-state index contributed by atoms with van der Waals surface area (Å²) < 4.78 is 1.63. The number of nitrogens with one attached hydrogen (secondary N) is 1. The lowest BCUT2D eigenvalue weighted by molar-refractivity contribution is -0.385. The number of amides is 1. The van der Waals surface area contributed by atoms with E-state index in [1.807, 2.05) is 6.07 Å². The Morgan fingerprint density at radius 2 is 2.04 bits per heavy atom. The van der Waals surface area contributed by atoms with Crippen LogP contribution >= 0.6 is 23.4 Å². The number of anilines is 1. The van der Waals surface area contributed by atoms with Crippen LogP contribution < -0.4 is 5.32 Å². The van der Waals surface area contributed by atoms with Gasteiger partial charge in [-0.1, -0.05) is 29.8 Å². The van der Waals surface area contributed by atoms with Crippen molar-refractivity contribution in [1.82, 2.24) is 9.78 Å². The molecule has 3 aromatic rings. The highest BCUT2D eigenvalue weighted by Gasteiger charge is 2.27. The van der Waals surface area contributed by atoms with Crippen LogP contribution in [0.5, 0.6) is 0 Å². The standard InChI is InChI=1S/C18H13ClN4O3S/c19-11-4-3-5-12(8-11)22-17(14-9-27-10-15(14)21-22)20-18(24)13-6-1-2-7-16(13)23(25)26/h1-8H,9-10H2,(H,20,24). The number of halogens is 1. The first kappa shape index (κ1) is 17.6. The summed E-state index contributed by atoms with van der Waals surface area (Å²) in [6.45, 7) is 0. The van der Waals surface area contributed by atoms with Gasteiger partial charge in [-0.2, -0.15) is 16.9 Å². The lowest BCUT2D eigenvalue weighted by Crippen LogP contribution is -2.17. The maximum absolute atomic E-state index is 12.8. The number of hydrogen-bond donors (Lipinski definition) is 1. The molecule has 0 radical (unpaired) electrons. The molecule has 1 N–H and O–H groups in total. The summed E-state index contributed by atoms with van der Waals surface area (Å²) in [6.07, 6.45) is 0. The van der Waals surface area contributed by atoms with Gasteiger partial charge in [0.1, 0.15) is 11.4 Å². The Kier molecular flexibility index (Phi) is 4.59. The number of para-hydroxylation sites is 1. The second-order valence-electron chi connectivity index (χ2n) is 5.89. The zero-order chi connectivity index (χ0) is 19.0. The molecule has 0 aliphatic carbocycles. The van der Waals surface area contributed by atoms with Crippen molar-refractivity contribution in [2.45, 2.75) is 11.5 Å². The zero-order valence-electron chi connectivity index (χ0n) is 13.9. The topological polar surface area (TPSA) is 90.1 Å². The number of fused-ring (bicyclic) bond motifs is 1. The highest BCUT2D eigenvalue weighted by Crippen LogP contribution is 2.36. The Morgan fingerprint density at radius 1 is 1.22 bits per heavy atom. The maximum atomic E-state index is 12.8. The maximum Gasteiger partial charge on any atom is 0.282 e. The van der Waals surface area contributed by atoms with E-state index in [0.29, 0.717) is 22.3 Å². The Morgan fingerprint density at radius 3 is 2.81 bits per heavy atom. The second-order valence-corrected chi connectivity index (χ2v) is 7.31. The third-order valence-corrected chi connectivity index (χ3v) is 5.39. The Hall–Kier alpha value is -2.84. The molecule has 9 heteroatoms. The molecule has 2 aromatic carbocycles. The number of hydrogen-bond acceptors (Lipinski definition) is 5. The van der Waals surface area contributed by atoms with Gasteiger partial charge in [-0.25, -0.2) is 4.68 Å². The van der Waals surface area contributed by atoms with Crippen molar-refractivity contribution in [3.63, 3.8) is 0 Å². The highest BCUT2D eigenvalue weighted by atomic mass is 35.5. The summed E-state index contributed by atoms with van der Waals surface area (Å²) in [7, 11) is 0. The van der Waals surface area contributed by atoms with Crippen LogP contribution in [-0.4, -0.2) is 20.6 Å². The zero-order valence-corrected chi connectivity index (χ0v) is 15.5. The first-order valence-electron chi connectivity index (χ1n) is 8.04. The molecule has 0 atom stereocenters. The number of carbonyl (C=O) groups is 1. The molecule has 136 valence electrons. The van der Waals surface area contributed by atoms with Crippen LogP contribution in [0.25, 0.3) is 5.69 Å². The van der Waals surface area contributed by atoms with Crippen LogP contribution in [0.1, 0.15) is 21.6 Å². The van der Waals surface area contributed by atoms with Crippen LogP contribution in [0.4, 0.5) is 11.5 Å². The van der Waals surface area contributed by atoms with Crippen LogP contribution in [0.2, 0.25) is 5.02 Å². The van der Waals surface area contributed by atoms with E-state index in [0.717, 1.165) is 17.0 Å². The van der Waals surface area contributed by atoms with Gasteiger partial charge >= 0.3 is 0 Å². The van der Waals surface area contributed by atoms with E-state index in [1.165, 1.54) is 18.2 Å². The summed E-state index contributed by atoms with van der Waals surface area (Å²) in [6, 6.07) is 13.0. The number of carbonyl (C=O) groups excluding carboxylic acids is 1. The van der Waals surface area contributed by atoms with E-state index in [9.17, 15) is 14.9 Å². The second kappa shape index (κ2) is 7.05. The molecule has 1 amide bonds. The number of aromatic nitrogens is 2. The molecular weight excluding hydrogens is 388 g/mol. The lowest BCUT2D eigenvalue weighted by atomic mass is 10.1. The van der Waals surface area contributed by atoms with Crippen LogP contribution in [-0.2, 0) is 11.5 Å². The van der Waals surface area contributed by atoms with E-state index in [-0.39, 0.29) is 11.3 Å². The van der Waals surface area contributed by atoms with E-state index >= 15 is 0 Å². The van der Waals surface area contributed by atoms with E-state index in [2.05, 4.69) is 10.4 Å². The Balaban J connectivity index is 1.76. The van der Waals surface area contributed by atoms with Crippen molar-refractivity contribution in [3.05, 3.63) is 80.5 Å².